The first-order valence-electron chi connectivity index (χ1n) is 9.38. The lowest BCUT2D eigenvalue weighted by Crippen LogP contribution is -2.50. The summed E-state index contributed by atoms with van der Waals surface area (Å²) in [7, 11) is 0. The van der Waals surface area contributed by atoms with E-state index in [0.29, 0.717) is 5.92 Å². The Labute approximate surface area is 154 Å². The van der Waals surface area contributed by atoms with Gasteiger partial charge in [-0.2, -0.15) is 0 Å². The summed E-state index contributed by atoms with van der Waals surface area (Å²) in [6.07, 6.45) is 10.7. The third kappa shape index (κ3) is 3.73. The van der Waals surface area contributed by atoms with Crippen molar-refractivity contribution in [2.24, 2.45) is 0 Å². The number of aromatic amines is 1. The van der Waals surface area contributed by atoms with Gasteiger partial charge in [0.05, 0.1) is 23.8 Å². The molecule has 1 atom stereocenters. The Bertz CT molecular complexity index is 747. The third-order valence-electron chi connectivity index (χ3n) is 5.68. The molecule has 26 heavy (non-hydrogen) atoms. The van der Waals surface area contributed by atoms with Crippen LogP contribution in [0, 0.1) is 0 Å². The van der Waals surface area contributed by atoms with Crippen LogP contribution >= 0.6 is 0 Å². The number of piperidine rings is 1. The predicted octanol–water partition coefficient (Wildman–Crippen LogP) is 3.38. The Morgan fingerprint density at radius 3 is 2.81 bits per heavy atom. The summed E-state index contributed by atoms with van der Waals surface area (Å²) in [6.45, 7) is 2.33. The standard InChI is InChI=1S/C21H25N3O2/c25-20(7-6-19-15-22-16-23-19)24-11-9-21(10-12-24)14-18(8-13-26-21)17-4-2-1-3-5-17/h1-7,15-16,18H,8-14H2,(H,22,23)/b7-6+. The molecule has 136 valence electrons. The van der Waals surface area contributed by atoms with Gasteiger partial charge in [0.1, 0.15) is 0 Å². The summed E-state index contributed by atoms with van der Waals surface area (Å²) in [5.41, 5.74) is 2.19. The van der Waals surface area contributed by atoms with Crippen molar-refractivity contribution in [1.82, 2.24) is 14.9 Å². The fourth-order valence-electron chi connectivity index (χ4n) is 4.14. The fourth-order valence-corrected chi connectivity index (χ4v) is 4.14. The predicted molar refractivity (Wildman–Crippen MR) is 101 cm³/mol. The SMILES string of the molecule is O=C(/C=C/c1cnc[nH]1)N1CCC2(CC1)CC(c1ccccc1)CCO2. The second-order valence-corrected chi connectivity index (χ2v) is 7.30. The fraction of sp³-hybridized carbons (Fsp3) is 0.429. The van der Waals surface area contributed by atoms with Crippen molar-refractivity contribution < 1.29 is 9.53 Å². The molecule has 2 saturated heterocycles. The van der Waals surface area contributed by atoms with Gasteiger partial charge in [-0.25, -0.2) is 4.98 Å². The first-order chi connectivity index (χ1) is 12.7. The molecular formula is C21H25N3O2. The Kier molecular flexibility index (Phi) is 4.89. The number of carbonyl (C=O) groups is 1. The van der Waals surface area contributed by atoms with E-state index in [1.54, 1.807) is 24.7 Å². The second kappa shape index (κ2) is 7.46. The summed E-state index contributed by atoms with van der Waals surface area (Å²) in [4.78, 5) is 21.3. The van der Waals surface area contributed by atoms with Crippen LogP contribution in [0.3, 0.4) is 0 Å². The number of benzene rings is 1. The number of nitrogens with zero attached hydrogens (tertiary/aromatic N) is 2. The topological polar surface area (TPSA) is 58.2 Å². The largest absolute Gasteiger partial charge is 0.375 e. The zero-order valence-corrected chi connectivity index (χ0v) is 14.9. The summed E-state index contributed by atoms with van der Waals surface area (Å²) in [5.74, 6) is 0.623. The van der Waals surface area contributed by atoms with Crippen molar-refractivity contribution in [3.63, 3.8) is 0 Å². The van der Waals surface area contributed by atoms with E-state index in [1.807, 2.05) is 4.90 Å². The van der Waals surface area contributed by atoms with E-state index in [1.165, 1.54) is 5.56 Å². The van der Waals surface area contributed by atoms with Gasteiger partial charge in [-0.3, -0.25) is 4.79 Å². The number of imidazole rings is 1. The summed E-state index contributed by atoms with van der Waals surface area (Å²) in [6, 6.07) is 10.8. The first kappa shape index (κ1) is 17.0. The normalized spacial score (nSPS) is 22.8. The highest BCUT2D eigenvalue weighted by Crippen LogP contribution is 2.41. The van der Waals surface area contributed by atoms with Crippen molar-refractivity contribution in [3.05, 3.63) is 60.2 Å². The molecule has 1 spiro atoms. The van der Waals surface area contributed by atoms with E-state index in [-0.39, 0.29) is 11.5 Å². The van der Waals surface area contributed by atoms with Crippen LogP contribution in [-0.2, 0) is 9.53 Å². The minimum Gasteiger partial charge on any atom is -0.375 e. The average Bonchev–Trinajstić information content (AvgIpc) is 3.21. The minimum atomic E-state index is -0.0668. The van der Waals surface area contributed by atoms with Crippen LogP contribution in [0.2, 0.25) is 0 Å². The number of nitrogens with one attached hydrogen (secondary N) is 1. The molecular weight excluding hydrogens is 326 g/mol. The average molecular weight is 351 g/mol. The number of carbonyl (C=O) groups excluding carboxylic acids is 1. The smallest absolute Gasteiger partial charge is 0.246 e. The molecule has 4 rings (SSSR count). The third-order valence-corrected chi connectivity index (χ3v) is 5.68. The maximum atomic E-state index is 12.4. The zero-order chi connectivity index (χ0) is 17.8. The lowest BCUT2D eigenvalue weighted by atomic mass is 9.77. The molecule has 2 aliphatic heterocycles. The molecule has 1 amide bonds. The van der Waals surface area contributed by atoms with E-state index in [9.17, 15) is 4.79 Å². The van der Waals surface area contributed by atoms with Gasteiger partial charge < -0.3 is 14.6 Å². The number of hydrogen-bond acceptors (Lipinski definition) is 3. The van der Waals surface area contributed by atoms with E-state index < -0.39 is 0 Å². The molecule has 1 aromatic carbocycles. The van der Waals surface area contributed by atoms with Crippen LogP contribution in [0.15, 0.2) is 48.9 Å². The quantitative estimate of drug-likeness (QED) is 0.863. The number of likely N-dealkylation sites (tertiary alicyclic amines) is 1. The van der Waals surface area contributed by atoms with Crippen LogP contribution in [0.4, 0.5) is 0 Å². The number of aromatic nitrogens is 2. The highest BCUT2D eigenvalue weighted by molar-refractivity contribution is 5.91. The van der Waals surface area contributed by atoms with Gasteiger partial charge in [0.25, 0.3) is 0 Å². The number of H-pyrrole nitrogens is 1. The Balaban J connectivity index is 1.35. The van der Waals surface area contributed by atoms with E-state index in [0.717, 1.165) is 51.1 Å². The summed E-state index contributed by atoms with van der Waals surface area (Å²) in [5, 5.41) is 0. The molecule has 2 aromatic rings. The van der Waals surface area contributed by atoms with Gasteiger partial charge >= 0.3 is 0 Å². The van der Waals surface area contributed by atoms with Gasteiger partial charge in [0.15, 0.2) is 0 Å². The lowest BCUT2D eigenvalue weighted by molar-refractivity contribution is -0.139. The number of hydrogen-bond donors (Lipinski definition) is 1. The number of rotatable bonds is 3. The minimum absolute atomic E-state index is 0.0601. The van der Waals surface area contributed by atoms with Crippen molar-refractivity contribution >= 4 is 12.0 Å². The van der Waals surface area contributed by atoms with Crippen LogP contribution < -0.4 is 0 Å². The van der Waals surface area contributed by atoms with Crippen molar-refractivity contribution in [3.8, 4) is 0 Å². The molecule has 0 bridgehead atoms. The first-order valence-corrected chi connectivity index (χ1v) is 9.38. The monoisotopic (exact) mass is 351 g/mol. The summed E-state index contributed by atoms with van der Waals surface area (Å²) >= 11 is 0. The van der Waals surface area contributed by atoms with E-state index in [4.69, 9.17) is 4.74 Å². The van der Waals surface area contributed by atoms with Crippen LogP contribution in [0.25, 0.3) is 6.08 Å². The molecule has 0 aliphatic carbocycles. The van der Waals surface area contributed by atoms with Gasteiger partial charge in [-0.15, -0.1) is 0 Å². The van der Waals surface area contributed by atoms with Crippen molar-refractivity contribution in [2.75, 3.05) is 19.7 Å². The van der Waals surface area contributed by atoms with Gasteiger partial charge in [0, 0.05) is 25.8 Å². The lowest BCUT2D eigenvalue weighted by Gasteiger charge is -2.46. The van der Waals surface area contributed by atoms with E-state index in [2.05, 4.69) is 40.3 Å². The maximum Gasteiger partial charge on any atom is 0.246 e. The molecule has 0 radical (unpaired) electrons. The van der Waals surface area contributed by atoms with Crippen molar-refractivity contribution in [1.29, 1.82) is 0 Å². The second-order valence-electron chi connectivity index (χ2n) is 7.30. The molecule has 2 aliphatic rings. The molecule has 1 aromatic heterocycles. The Hall–Kier alpha value is -2.40. The number of ether oxygens (including phenoxy) is 1. The molecule has 1 N–H and O–H groups in total. The molecule has 5 heteroatoms. The Morgan fingerprint density at radius 2 is 2.08 bits per heavy atom. The number of amides is 1. The highest BCUT2D eigenvalue weighted by Gasteiger charge is 2.41. The summed E-state index contributed by atoms with van der Waals surface area (Å²) < 4.78 is 6.24. The van der Waals surface area contributed by atoms with Gasteiger partial charge in [-0.1, -0.05) is 30.3 Å². The van der Waals surface area contributed by atoms with Gasteiger partial charge in [-0.05, 0) is 43.2 Å². The maximum absolute atomic E-state index is 12.4. The van der Waals surface area contributed by atoms with Crippen LogP contribution in [-0.4, -0.2) is 46.1 Å². The molecule has 3 heterocycles. The Morgan fingerprint density at radius 1 is 1.27 bits per heavy atom. The van der Waals surface area contributed by atoms with Crippen LogP contribution in [0.1, 0.15) is 42.9 Å². The molecule has 0 saturated carbocycles. The highest BCUT2D eigenvalue weighted by atomic mass is 16.5. The van der Waals surface area contributed by atoms with Crippen LogP contribution in [0.5, 0.6) is 0 Å². The van der Waals surface area contributed by atoms with Crippen molar-refractivity contribution in [2.45, 2.75) is 37.2 Å². The molecule has 2 fully saturated rings. The molecule has 5 nitrogen and oxygen atoms in total. The molecule has 1 unspecified atom stereocenters. The zero-order valence-electron chi connectivity index (χ0n) is 14.9. The van der Waals surface area contributed by atoms with Gasteiger partial charge in [0.2, 0.25) is 5.91 Å². The van der Waals surface area contributed by atoms with E-state index >= 15 is 0 Å².